The maximum absolute atomic E-state index is 12.5. The van der Waals surface area contributed by atoms with Gasteiger partial charge in [-0.05, 0) is 57.1 Å². The van der Waals surface area contributed by atoms with Crippen LogP contribution in [0.5, 0.6) is 0 Å². The molecule has 6 nitrogen and oxygen atoms in total. The van der Waals surface area contributed by atoms with E-state index in [1.54, 1.807) is 0 Å². The van der Waals surface area contributed by atoms with E-state index in [0.29, 0.717) is 6.54 Å². The molecule has 1 spiro atoms. The molecule has 1 fully saturated rings. The summed E-state index contributed by atoms with van der Waals surface area (Å²) in [6, 6.07) is 8.65. The molecule has 0 amide bonds. The van der Waals surface area contributed by atoms with Crippen LogP contribution in [-0.2, 0) is 18.3 Å². The van der Waals surface area contributed by atoms with Crippen molar-refractivity contribution in [1.82, 2.24) is 9.97 Å². The average molecular weight is 395 g/mol. The van der Waals surface area contributed by atoms with Crippen molar-refractivity contribution in [2.24, 2.45) is 0 Å². The monoisotopic (exact) mass is 394 g/mol. The normalized spacial score (nSPS) is 21.2. The standard InChI is InChI=1S/C23H30N4O2/c1-16(28)14-27-15-23(18-7-3-5-9-20(18)27)10-12-26(13-11-23)22-24-19-8-4-2-6-17(19)21(29)25-22/h3,5,7,9,16,28H,2,4,6,8,10-15H2,1H3,(H,24,25,29). The molecule has 1 atom stereocenters. The van der Waals surface area contributed by atoms with Crippen LogP contribution in [0.2, 0.25) is 0 Å². The molecule has 6 heteroatoms. The lowest BCUT2D eigenvalue weighted by Crippen LogP contribution is -2.47. The van der Waals surface area contributed by atoms with Crippen LogP contribution in [0.4, 0.5) is 11.6 Å². The van der Waals surface area contributed by atoms with Gasteiger partial charge < -0.3 is 14.9 Å². The smallest absolute Gasteiger partial charge is 0.255 e. The number of anilines is 2. The number of nitrogens with zero attached hydrogens (tertiary/aromatic N) is 3. The Hall–Kier alpha value is -2.34. The van der Waals surface area contributed by atoms with Crippen molar-refractivity contribution in [3.8, 4) is 0 Å². The molecule has 1 aliphatic carbocycles. The van der Waals surface area contributed by atoms with Crippen LogP contribution in [0, 0.1) is 0 Å². The Kier molecular flexibility index (Phi) is 4.62. The largest absolute Gasteiger partial charge is 0.392 e. The lowest BCUT2D eigenvalue weighted by atomic mass is 9.74. The molecule has 2 aromatic rings. The number of nitrogens with one attached hydrogen (secondary N) is 1. The van der Waals surface area contributed by atoms with Crippen LogP contribution in [0.3, 0.4) is 0 Å². The Morgan fingerprint density at radius 1 is 1.21 bits per heavy atom. The molecule has 1 aromatic heterocycles. The Bertz CT molecular complexity index is 960. The van der Waals surface area contributed by atoms with Crippen molar-refractivity contribution in [2.75, 3.05) is 36.0 Å². The number of aliphatic hydroxyl groups is 1. The molecule has 29 heavy (non-hydrogen) atoms. The molecular weight excluding hydrogens is 364 g/mol. The highest BCUT2D eigenvalue weighted by Crippen LogP contribution is 2.47. The first-order valence-electron chi connectivity index (χ1n) is 11.0. The maximum Gasteiger partial charge on any atom is 0.255 e. The number of piperidine rings is 1. The van der Waals surface area contributed by atoms with Gasteiger partial charge in [-0.25, -0.2) is 4.98 Å². The number of aromatic nitrogens is 2. The minimum atomic E-state index is -0.344. The highest BCUT2D eigenvalue weighted by atomic mass is 16.3. The quantitative estimate of drug-likeness (QED) is 0.836. The zero-order valence-electron chi connectivity index (χ0n) is 17.2. The minimum absolute atomic E-state index is 0.0549. The van der Waals surface area contributed by atoms with E-state index in [2.05, 4.69) is 39.0 Å². The van der Waals surface area contributed by atoms with E-state index in [-0.39, 0.29) is 17.1 Å². The summed E-state index contributed by atoms with van der Waals surface area (Å²) in [4.78, 5) is 25.0. The van der Waals surface area contributed by atoms with Crippen LogP contribution in [0.15, 0.2) is 29.1 Å². The lowest BCUT2D eigenvalue weighted by molar-refractivity contribution is 0.198. The van der Waals surface area contributed by atoms with Gasteiger partial charge in [0.1, 0.15) is 0 Å². The molecule has 154 valence electrons. The summed E-state index contributed by atoms with van der Waals surface area (Å²) in [6.45, 7) is 5.26. The summed E-state index contributed by atoms with van der Waals surface area (Å²) in [7, 11) is 0. The van der Waals surface area contributed by atoms with Gasteiger partial charge in [-0.2, -0.15) is 0 Å². The fourth-order valence-corrected chi connectivity index (χ4v) is 5.53. The third kappa shape index (κ3) is 3.23. The van der Waals surface area contributed by atoms with Crippen LogP contribution < -0.4 is 15.4 Å². The van der Waals surface area contributed by atoms with E-state index in [4.69, 9.17) is 4.98 Å². The second-order valence-corrected chi connectivity index (χ2v) is 9.04. The SMILES string of the molecule is CC(O)CN1CC2(CCN(c3nc4c(c(=O)[nH]3)CCCC4)CC2)c2ccccc21. The molecule has 0 bridgehead atoms. The number of hydrogen-bond donors (Lipinski definition) is 2. The van der Waals surface area contributed by atoms with Crippen molar-refractivity contribution in [1.29, 1.82) is 0 Å². The van der Waals surface area contributed by atoms with E-state index in [1.165, 1.54) is 11.3 Å². The van der Waals surface area contributed by atoms with Gasteiger partial charge >= 0.3 is 0 Å². The van der Waals surface area contributed by atoms with Gasteiger partial charge in [0.2, 0.25) is 5.95 Å². The number of para-hydroxylation sites is 1. The van der Waals surface area contributed by atoms with E-state index in [0.717, 1.165) is 75.4 Å². The molecule has 5 rings (SSSR count). The van der Waals surface area contributed by atoms with Crippen LogP contribution >= 0.6 is 0 Å². The topological polar surface area (TPSA) is 72.5 Å². The van der Waals surface area contributed by atoms with E-state index < -0.39 is 0 Å². The molecule has 2 aliphatic heterocycles. The summed E-state index contributed by atoms with van der Waals surface area (Å²) >= 11 is 0. The molecule has 1 aromatic carbocycles. The zero-order chi connectivity index (χ0) is 20.0. The fourth-order valence-electron chi connectivity index (χ4n) is 5.53. The maximum atomic E-state index is 12.5. The summed E-state index contributed by atoms with van der Waals surface area (Å²) in [5.74, 6) is 0.748. The zero-order valence-corrected chi connectivity index (χ0v) is 17.2. The van der Waals surface area contributed by atoms with Crippen molar-refractivity contribution in [3.05, 3.63) is 51.4 Å². The van der Waals surface area contributed by atoms with Crippen molar-refractivity contribution < 1.29 is 5.11 Å². The van der Waals surface area contributed by atoms with Gasteiger partial charge in [-0.15, -0.1) is 0 Å². The Balaban J connectivity index is 1.38. The number of H-pyrrole nitrogens is 1. The van der Waals surface area contributed by atoms with Crippen LogP contribution in [0.25, 0.3) is 0 Å². The van der Waals surface area contributed by atoms with E-state index >= 15 is 0 Å². The second kappa shape index (κ2) is 7.17. The van der Waals surface area contributed by atoms with Crippen molar-refractivity contribution in [3.63, 3.8) is 0 Å². The number of aromatic amines is 1. The van der Waals surface area contributed by atoms with E-state index in [1.807, 2.05) is 6.92 Å². The first-order valence-corrected chi connectivity index (χ1v) is 11.0. The third-order valence-electron chi connectivity index (χ3n) is 6.99. The molecule has 1 unspecified atom stereocenters. The summed E-state index contributed by atoms with van der Waals surface area (Å²) in [5, 5.41) is 9.95. The average Bonchev–Trinajstić information content (AvgIpc) is 3.01. The summed E-state index contributed by atoms with van der Waals surface area (Å²) in [6.07, 6.45) is 5.71. The molecule has 3 heterocycles. The highest BCUT2D eigenvalue weighted by molar-refractivity contribution is 5.63. The van der Waals surface area contributed by atoms with Crippen LogP contribution in [-0.4, -0.2) is 47.4 Å². The molecular formula is C23H30N4O2. The first-order chi connectivity index (χ1) is 14.1. The van der Waals surface area contributed by atoms with Crippen molar-refractivity contribution in [2.45, 2.75) is 57.0 Å². The molecule has 2 N–H and O–H groups in total. The third-order valence-corrected chi connectivity index (χ3v) is 6.99. The van der Waals surface area contributed by atoms with Gasteiger partial charge in [0.05, 0.1) is 11.8 Å². The van der Waals surface area contributed by atoms with Gasteiger partial charge in [-0.1, -0.05) is 18.2 Å². The number of benzene rings is 1. The molecule has 1 saturated heterocycles. The highest BCUT2D eigenvalue weighted by Gasteiger charge is 2.44. The van der Waals surface area contributed by atoms with Gasteiger partial charge in [0, 0.05) is 42.8 Å². The number of β-amino-alcohol motifs (C(OH)–C–C–N with tert-alkyl or cyclic N) is 1. The van der Waals surface area contributed by atoms with E-state index in [9.17, 15) is 9.90 Å². The summed E-state index contributed by atoms with van der Waals surface area (Å²) < 4.78 is 0. The molecule has 0 saturated carbocycles. The van der Waals surface area contributed by atoms with Gasteiger partial charge in [0.15, 0.2) is 0 Å². The molecule has 3 aliphatic rings. The Labute approximate surface area is 171 Å². The van der Waals surface area contributed by atoms with Crippen molar-refractivity contribution >= 4 is 11.6 Å². The number of aryl methyl sites for hydroxylation is 1. The number of aliphatic hydroxyl groups excluding tert-OH is 1. The number of hydrogen-bond acceptors (Lipinski definition) is 5. The molecule has 0 radical (unpaired) electrons. The van der Waals surface area contributed by atoms with Gasteiger partial charge in [-0.3, -0.25) is 9.78 Å². The number of fused-ring (bicyclic) bond motifs is 3. The van der Waals surface area contributed by atoms with Gasteiger partial charge in [0.25, 0.3) is 5.56 Å². The Morgan fingerprint density at radius 2 is 1.97 bits per heavy atom. The first kappa shape index (κ1) is 18.7. The summed E-state index contributed by atoms with van der Waals surface area (Å²) in [5.41, 5.74) is 4.75. The van der Waals surface area contributed by atoms with Crippen LogP contribution in [0.1, 0.15) is 49.4 Å². The minimum Gasteiger partial charge on any atom is -0.392 e. The predicted octanol–water partition coefficient (Wildman–Crippen LogP) is 2.39. The fraction of sp³-hybridized carbons (Fsp3) is 0.565. The predicted molar refractivity (Wildman–Crippen MR) is 115 cm³/mol. The number of rotatable bonds is 3. The Morgan fingerprint density at radius 3 is 2.76 bits per heavy atom. The second-order valence-electron chi connectivity index (χ2n) is 9.04. The lowest BCUT2D eigenvalue weighted by Gasteiger charge is -2.40.